The molecule has 1 aromatic rings. The molecule has 0 amide bonds. The molecular weight excluding hydrogens is 218 g/mol. The number of nitrogens with zero attached hydrogens (tertiary/aromatic N) is 2. The first-order valence-corrected chi connectivity index (χ1v) is 5.85. The van der Waals surface area contributed by atoms with Crippen LogP contribution in [0.3, 0.4) is 0 Å². The molecule has 0 saturated heterocycles. The van der Waals surface area contributed by atoms with E-state index in [-0.39, 0.29) is 12.0 Å². The third kappa shape index (κ3) is 2.49. The molecule has 1 aliphatic rings. The van der Waals surface area contributed by atoms with Crippen molar-refractivity contribution in [3.05, 3.63) is 17.5 Å². The fraction of sp³-hybridized carbons (Fsp3) is 0.667. The van der Waals surface area contributed by atoms with E-state index in [1.54, 1.807) is 6.20 Å². The summed E-state index contributed by atoms with van der Waals surface area (Å²) in [5, 5.41) is 7.38. The van der Waals surface area contributed by atoms with Gasteiger partial charge in [-0.1, -0.05) is 0 Å². The molecule has 0 aromatic carbocycles. The second-order valence-electron chi connectivity index (χ2n) is 5.34. The Kier molecular flexibility index (Phi) is 2.95. The Morgan fingerprint density at radius 2 is 2.29 bits per heavy atom. The van der Waals surface area contributed by atoms with E-state index in [9.17, 15) is 4.79 Å². The van der Waals surface area contributed by atoms with Gasteiger partial charge >= 0.3 is 5.97 Å². The number of nitrogens with one attached hydrogen (secondary N) is 1. The van der Waals surface area contributed by atoms with Crippen LogP contribution in [0.4, 0.5) is 0 Å². The Hall–Kier alpha value is -1.36. The number of esters is 1. The van der Waals surface area contributed by atoms with Gasteiger partial charge in [-0.25, -0.2) is 4.79 Å². The van der Waals surface area contributed by atoms with Gasteiger partial charge in [0.15, 0.2) is 0 Å². The van der Waals surface area contributed by atoms with Crippen LogP contribution in [0.2, 0.25) is 0 Å². The highest BCUT2D eigenvalue weighted by molar-refractivity contribution is 5.78. The van der Waals surface area contributed by atoms with Gasteiger partial charge < -0.3 is 10.1 Å². The average molecular weight is 237 g/mol. The highest BCUT2D eigenvalue weighted by atomic mass is 16.6. The van der Waals surface area contributed by atoms with Crippen molar-refractivity contribution < 1.29 is 9.53 Å². The fourth-order valence-electron chi connectivity index (χ4n) is 2.04. The lowest BCUT2D eigenvalue weighted by molar-refractivity contribution is -0.157. The Balaban J connectivity index is 2.21. The van der Waals surface area contributed by atoms with Gasteiger partial charge in [0.2, 0.25) is 0 Å². The van der Waals surface area contributed by atoms with E-state index < -0.39 is 5.60 Å². The zero-order valence-corrected chi connectivity index (χ0v) is 10.8. The number of carbonyl (C=O) groups excluding carboxylic acids is 1. The monoisotopic (exact) mass is 237 g/mol. The molecule has 94 valence electrons. The van der Waals surface area contributed by atoms with Crippen molar-refractivity contribution in [3.63, 3.8) is 0 Å². The van der Waals surface area contributed by atoms with Crippen LogP contribution in [0, 0.1) is 0 Å². The number of aromatic nitrogens is 2. The first-order valence-electron chi connectivity index (χ1n) is 5.85. The van der Waals surface area contributed by atoms with Gasteiger partial charge in [0.25, 0.3) is 0 Å². The Bertz CT molecular complexity index is 431. The maximum Gasteiger partial charge on any atom is 0.328 e. The molecule has 5 nitrogen and oxygen atoms in total. The summed E-state index contributed by atoms with van der Waals surface area (Å²) < 4.78 is 7.23. The summed E-state index contributed by atoms with van der Waals surface area (Å²) in [6.07, 6.45) is 2.64. The first kappa shape index (κ1) is 12.1. The van der Waals surface area contributed by atoms with Gasteiger partial charge in [-0.3, -0.25) is 4.68 Å². The Labute approximate surface area is 101 Å². The van der Waals surface area contributed by atoms with Crippen LogP contribution >= 0.6 is 0 Å². The molecule has 0 saturated carbocycles. The maximum atomic E-state index is 12.1. The number of hydrogen-bond acceptors (Lipinski definition) is 4. The lowest BCUT2D eigenvalue weighted by Gasteiger charge is -2.27. The highest BCUT2D eigenvalue weighted by Crippen LogP contribution is 2.24. The van der Waals surface area contributed by atoms with E-state index in [0.717, 1.165) is 24.2 Å². The molecule has 0 radical (unpaired) electrons. The predicted molar refractivity (Wildman–Crippen MR) is 63.5 cm³/mol. The Morgan fingerprint density at radius 3 is 2.94 bits per heavy atom. The van der Waals surface area contributed by atoms with Crippen LogP contribution < -0.4 is 5.32 Å². The summed E-state index contributed by atoms with van der Waals surface area (Å²) in [6, 6.07) is -0.383. The Morgan fingerprint density at radius 1 is 1.59 bits per heavy atom. The summed E-state index contributed by atoms with van der Waals surface area (Å²) in [4.78, 5) is 12.1. The van der Waals surface area contributed by atoms with Crippen molar-refractivity contribution in [3.8, 4) is 0 Å². The van der Waals surface area contributed by atoms with E-state index >= 15 is 0 Å². The summed E-state index contributed by atoms with van der Waals surface area (Å²) in [5.41, 5.74) is 1.59. The second kappa shape index (κ2) is 4.14. The molecule has 17 heavy (non-hydrogen) atoms. The van der Waals surface area contributed by atoms with Gasteiger partial charge in [0, 0.05) is 31.3 Å². The van der Waals surface area contributed by atoms with Crippen molar-refractivity contribution >= 4 is 5.97 Å². The number of rotatable bonds is 1. The molecule has 2 heterocycles. The molecular formula is C12H19N3O2. The van der Waals surface area contributed by atoms with E-state index in [2.05, 4.69) is 10.4 Å². The first-order chi connectivity index (χ1) is 7.88. The zero-order valence-electron chi connectivity index (χ0n) is 10.8. The van der Waals surface area contributed by atoms with Crippen molar-refractivity contribution in [2.75, 3.05) is 6.54 Å². The summed E-state index contributed by atoms with van der Waals surface area (Å²) >= 11 is 0. The van der Waals surface area contributed by atoms with Crippen LogP contribution in [0.1, 0.15) is 38.1 Å². The standard InChI is InChI=1S/C12H19N3O2/c1-12(2,3)17-11(16)10-8-7-14-15(4)9(8)5-6-13-10/h7,10,13H,5-6H2,1-4H3. The molecule has 1 N–H and O–H groups in total. The largest absolute Gasteiger partial charge is 0.459 e. The van der Waals surface area contributed by atoms with Crippen LogP contribution in [0.15, 0.2) is 6.20 Å². The molecule has 0 bridgehead atoms. The van der Waals surface area contributed by atoms with E-state index in [4.69, 9.17) is 4.74 Å². The van der Waals surface area contributed by atoms with Gasteiger partial charge in [-0.05, 0) is 20.8 Å². The molecule has 1 aromatic heterocycles. The molecule has 2 rings (SSSR count). The summed E-state index contributed by atoms with van der Waals surface area (Å²) in [6.45, 7) is 6.39. The van der Waals surface area contributed by atoms with Crippen LogP contribution in [-0.4, -0.2) is 27.9 Å². The highest BCUT2D eigenvalue weighted by Gasteiger charge is 2.32. The summed E-state index contributed by atoms with van der Waals surface area (Å²) in [7, 11) is 1.90. The third-order valence-corrected chi connectivity index (χ3v) is 2.76. The SMILES string of the molecule is Cn1ncc2c1CCNC2C(=O)OC(C)(C)C. The minimum atomic E-state index is -0.460. The third-order valence-electron chi connectivity index (χ3n) is 2.76. The average Bonchev–Trinajstić information content (AvgIpc) is 2.58. The van der Waals surface area contributed by atoms with Crippen LogP contribution in [0.25, 0.3) is 0 Å². The van der Waals surface area contributed by atoms with Crippen molar-refractivity contribution in [1.29, 1.82) is 0 Å². The number of hydrogen-bond donors (Lipinski definition) is 1. The van der Waals surface area contributed by atoms with Gasteiger partial charge in [-0.15, -0.1) is 0 Å². The van der Waals surface area contributed by atoms with E-state index in [0.29, 0.717) is 0 Å². The molecule has 1 aliphatic heterocycles. The van der Waals surface area contributed by atoms with Crippen molar-refractivity contribution in [1.82, 2.24) is 15.1 Å². The van der Waals surface area contributed by atoms with Crippen LogP contribution in [0.5, 0.6) is 0 Å². The lowest BCUT2D eigenvalue weighted by Crippen LogP contribution is -2.39. The van der Waals surface area contributed by atoms with E-state index in [1.807, 2.05) is 32.5 Å². The molecule has 0 fully saturated rings. The second-order valence-corrected chi connectivity index (χ2v) is 5.34. The lowest BCUT2D eigenvalue weighted by atomic mass is 10.0. The summed E-state index contributed by atoms with van der Waals surface area (Å²) in [5.74, 6) is -0.230. The minimum Gasteiger partial charge on any atom is -0.459 e. The van der Waals surface area contributed by atoms with Gasteiger partial charge in [-0.2, -0.15) is 5.10 Å². The number of ether oxygens (including phenoxy) is 1. The molecule has 0 spiro atoms. The molecule has 0 aliphatic carbocycles. The van der Waals surface area contributed by atoms with Gasteiger partial charge in [0.1, 0.15) is 11.6 Å². The maximum absolute atomic E-state index is 12.1. The number of fused-ring (bicyclic) bond motifs is 1. The molecule has 1 unspecified atom stereocenters. The topological polar surface area (TPSA) is 56.2 Å². The number of aryl methyl sites for hydroxylation is 1. The van der Waals surface area contributed by atoms with Crippen molar-refractivity contribution in [2.45, 2.75) is 38.8 Å². The smallest absolute Gasteiger partial charge is 0.328 e. The number of carbonyl (C=O) groups is 1. The van der Waals surface area contributed by atoms with Crippen molar-refractivity contribution in [2.24, 2.45) is 7.05 Å². The zero-order chi connectivity index (χ0) is 12.6. The minimum absolute atomic E-state index is 0.230. The quantitative estimate of drug-likeness (QED) is 0.739. The molecule has 1 atom stereocenters. The van der Waals surface area contributed by atoms with E-state index in [1.165, 1.54) is 0 Å². The van der Waals surface area contributed by atoms with Gasteiger partial charge in [0.05, 0.1) is 6.20 Å². The predicted octanol–water partition coefficient (Wildman–Crippen LogP) is 0.949. The molecule has 5 heteroatoms. The van der Waals surface area contributed by atoms with Crippen LogP contribution in [-0.2, 0) is 23.0 Å². The normalized spacial score (nSPS) is 19.9. The fourth-order valence-corrected chi connectivity index (χ4v) is 2.04.